The van der Waals surface area contributed by atoms with Crippen LogP contribution in [0, 0.1) is 0 Å². The van der Waals surface area contributed by atoms with Crippen LogP contribution in [-0.4, -0.2) is 25.9 Å². The van der Waals surface area contributed by atoms with Gasteiger partial charge in [0.25, 0.3) is 11.8 Å². The Labute approximate surface area is 176 Å². The summed E-state index contributed by atoms with van der Waals surface area (Å²) in [6.07, 6.45) is 0.588. The third kappa shape index (κ3) is 3.70. The smallest absolute Gasteiger partial charge is 0.274 e. The minimum Gasteiger partial charge on any atom is -0.355 e. The second-order valence-corrected chi connectivity index (χ2v) is 7.18. The van der Waals surface area contributed by atoms with Crippen LogP contribution in [-0.2, 0) is 11.2 Å². The molecule has 0 unspecified atom stereocenters. The third-order valence-electron chi connectivity index (χ3n) is 5.29. The molecule has 0 bridgehead atoms. The van der Waals surface area contributed by atoms with Gasteiger partial charge in [-0.3, -0.25) is 9.59 Å². The number of nitrogens with one attached hydrogen (secondary N) is 2. The Morgan fingerprint density at radius 1 is 0.900 bits per heavy atom. The van der Waals surface area contributed by atoms with Crippen LogP contribution in [0.5, 0.6) is 0 Å². The summed E-state index contributed by atoms with van der Waals surface area (Å²) in [5.41, 5.74) is 5.75. The molecule has 5 heteroatoms. The van der Waals surface area contributed by atoms with Crippen molar-refractivity contribution in [3.8, 4) is 0 Å². The minimum atomic E-state index is -0.139. The fraction of sp³-hybridized carbons (Fsp3) is 0.120. The maximum atomic E-state index is 13.3. The molecule has 1 heterocycles. The summed E-state index contributed by atoms with van der Waals surface area (Å²) in [4.78, 5) is 26.9. The Bertz CT molecular complexity index is 1120. The summed E-state index contributed by atoms with van der Waals surface area (Å²) in [5, 5.41) is 5.99. The molecule has 0 aliphatic carbocycles. The molecule has 5 nitrogen and oxygen atoms in total. The van der Waals surface area contributed by atoms with Gasteiger partial charge in [0.1, 0.15) is 5.70 Å². The van der Waals surface area contributed by atoms with E-state index in [4.69, 9.17) is 0 Å². The van der Waals surface area contributed by atoms with Crippen LogP contribution < -0.4 is 15.5 Å². The van der Waals surface area contributed by atoms with E-state index in [1.54, 1.807) is 31.1 Å². The van der Waals surface area contributed by atoms with E-state index < -0.39 is 0 Å². The molecular formula is C25H23N3O2. The van der Waals surface area contributed by atoms with Crippen molar-refractivity contribution in [2.75, 3.05) is 24.3 Å². The van der Waals surface area contributed by atoms with Crippen LogP contribution in [0.4, 0.5) is 11.4 Å². The van der Waals surface area contributed by atoms with Crippen LogP contribution in [0.1, 0.15) is 21.5 Å². The van der Waals surface area contributed by atoms with Gasteiger partial charge in [-0.25, -0.2) is 0 Å². The number of amides is 2. The van der Waals surface area contributed by atoms with Crippen LogP contribution >= 0.6 is 0 Å². The summed E-state index contributed by atoms with van der Waals surface area (Å²) in [6, 6.07) is 25.2. The monoisotopic (exact) mass is 397 g/mol. The molecule has 0 spiro atoms. The first-order chi connectivity index (χ1) is 14.6. The quantitative estimate of drug-likeness (QED) is 0.652. The van der Waals surface area contributed by atoms with Crippen molar-refractivity contribution in [2.45, 2.75) is 6.42 Å². The van der Waals surface area contributed by atoms with E-state index in [1.807, 2.05) is 66.7 Å². The van der Waals surface area contributed by atoms with Gasteiger partial charge < -0.3 is 15.5 Å². The standard InChI is InChI=1S/C25H23N3O2/c1-26-24(29)19-14-12-18(13-15-19)20(16-17-8-4-3-5-9-17)23-25(30)28(2)22-11-7-6-10-21(22)27-23/h3-15,27H,16H2,1-2H3,(H,26,29)/b23-20-. The van der Waals surface area contributed by atoms with Crippen molar-refractivity contribution in [1.82, 2.24) is 5.32 Å². The van der Waals surface area contributed by atoms with E-state index in [0.717, 1.165) is 28.1 Å². The number of likely N-dealkylation sites (N-methyl/N-ethyl adjacent to an activating group) is 1. The maximum Gasteiger partial charge on any atom is 0.274 e. The molecule has 150 valence electrons. The number of fused-ring (bicyclic) bond motifs is 1. The Morgan fingerprint density at radius 2 is 1.53 bits per heavy atom. The van der Waals surface area contributed by atoms with Gasteiger partial charge >= 0.3 is 0 Å². The molecule has 0 saturated carbocycles. The topological polar surface area (TPSA) is 61.4 Å². The minimum absolute atomic E-state index is 0.0880. The number of carbonyl (C=O) groups is 2. The highest BCUT2D eigenvalue weighted by atomic mass is 16.2. The summed E-state index contributed by atoms with van der Waals surface area (Å²) in [7, 11) is 3.40. The molecule has 1 aliphatic heterocycles. The van der Waals surface area contributed by atoms with E-state index in [0.29, 0.717) is 17.7 Å². The number of carbonyl (C=O) groups excluding carboxylic acids is 2. The average molecular weight is 397 g/mol. The fourth-order valence-electron chi connectivity index (χ4n) is 3.64. The van der Waals surface area contributed by atoms with Gasteiger partial charge in [0, 0.05) is 26.1 Å². The normalized spacial score (nSPS) is 14.6. The summed E-state index contributed by atoms with van der Waals surface area (Å²) < 4.78 is 0. The molecule has 0 saturated heterocycles. The van der Waals surface area contributed by atoms with E-state index in [-0.39, 0.29) is 11.8 Å². The van der Waals surface area contributed by atoms with Crippen molar-refractivity contribution in [3.63, 3.8) is 0 Å². The first-order valence-corrected chi connectivity index (χ1v) is 9.82. The van der Waals surface area contributed by atoms with Gasteiger partial charge in [-0.1, -0.05) is 54.6 Å². The predicted octanol–water partition coefficient (Wildman–Crippen LogP) is 4.09. The number of anilines is 2. The van der Waals surface area contributed by atoms with Gasteiger partial charge in [0.15, 0.2) is 0 Å². The molecular weight excluding hydrogens is 374 g/mol. The number of nitrogens with zero attached hydrogens (tertiary/aromatic N) is 1. The van der Waals surface area contributed by atoms with Gasteiger partial charge in [-0.05, 0) is 41.0 Å². The second-order valence-electron chi connectivity index (χ2n) is 7.18. The lowest BCUT2D eigenvalue weighted by Gasteiger charge is -2.30. The summed E-state index contributed by atoms with van der Waals surface area (Å²) in [5.74, 6) is -0.227. The summed E-state index contributed by atoms with van der Waals surface area (Å²) in [6.45, 7) is 0. The van der Waals surface area contributed by atoms with Crippen molar-refractivity contribution in [2.24, 2.45) is 0 Å². The van der Waals surface area contributed by atoms with E-state index in [1.165, 1.54) is 0 Å². The molecule has 3 aromatic carbocycles. The van der Waals surface area contributed by atoms with Crippen molar-refractivity contribution >= 4 is 28.8 Å². The van der Waals surface area contributed by atoms with Gasteiger partial charge in [-0.15, -0.1) is 0 Å². The largest absolute Gasteiger partial charge is 0.355 e. The Kier molecular flexibility index (Phi) is 5.35. The lowest BCUT2D eigenvalue weighted by Crippen LogP contribution is -2.36. The van der Waals surface area contributed by atoms with E-state index in [9.17, 15) is 9.59 Å². The van der Waals surface area contributed by atoms with Crippen LogP contribution in [0.25, 0.3) is 5.57 Å². The van der Waals surface area contributed by atoms with Crippen molar-refractivity contribution in [3.05, 3.63) is 101 Å². The highest BCUT2D eigenvalue weighted by molar-refractivity contribution is 6.16. The van der Waals surface area contributed by atoms with E-state index >= 15 is 0 Å². The van der Waals surface area contributed by atoms with Crippen molar-refractivity contribution < 1.29 is 9.59 Å². The number of para-hydroxylation sites is 2. The Hall–Kier alpha value is -3.86. The predicted molar refractivity (Wildman–Crippen MR) is 120 cm³/mol. The number of hydrogen-bond acceptors (Lipinski definition) is 3. The fourth-order valence-corrected chi connectivity index (χ4v) is 3.64. The Morgan fingerprint density at radius 3 is 2.23 bits per heavy atom. The second kappa shape index (κ2) is 8.25. The number of rotatable bonds is 4. The van der Waals surface area contributed by atoms with Gasteiger partial charge in [0.2, 0.25) is 0 Å². The molecule has 0 aromatic heterocycles. The van der Waals surface area contributed by atoms with Crippen LogP contribution in [0.2, 0.25) is 0 Å². The summed E-state index contributed by atoms with van der Waals surface area (Å²) >= 11 is 0. The molecule has 0 fully saturated rings. The van der Waals surface area contributed by atoms with Crippen LogP contribution in [0.15, 0.2) is 84.6 Å². The zero-order valence-electron chi connectivity index (χ0n) is 17.0. The molecule has 0 atom stereocenters. The first kappa shape index (κ1) is 19.5. The number of allylic oxidation sites excluding steroid dienone is 1. The molecule has 2 N–H and O–H groups in total. The molecule has 2 amide bonds. The number of benzene rings is 3. The maximum absolute atomic E-state index is 13.3. The van der Waals surface area contributed by atoms with Gasteiger partial charge in [-0.2, -0.15) is 0 Å². The zero-order valence-corrected chi connectivity index (χ0v) is 17.0. The first-order valence-electron chi connectivity index (χ1n) is 9.82. The number of hydrogen-bond donors (Lipinski definition) is 2. The van der Waals surface area contributed by atoms with Gasteiger partial charge in [0.05, 0.1) is 11.4 Å². The van der Waals surface area contributed by atoms with E-state index in [2.05, 4.69) is 10.6 Å². The molecule has 0 radical (unpaired) electrons. The van der Waals surface area contributed by atoms with Crippen molar-refractivity contribution in [1.29, 1.82) is 0 Å². The highest BCUT2D eigenvalue weighted by Gasteiger charge is 2.28. The average Bonchev–Trinajstić information content (AvgIpc) is 2.80. The molecule has 3 aromatic rings. The SMILES string of the molecule is CNC(=O)c1ccc(/C(Cc2ccccc2)=C2\Nc3ccccc3N(C)C2=O)cc1. The molecule has 1 aliphatic rings. The zero-order chi connectivity index (χ0) is 21.1. The Balaban J connectivity index is 1.83. The molecule has 4 rings (SSSR count). The lowest BCUT2D eigenvalue weighted by molar-refractivity contribution is -0.114. The lowest BCUT2D eigenvalue weighted by atomic mass is 9.94. The molecule has 30 heavy (non-hydrogen) atoms. The third-order valence-corrected chi connectivity index (χ3v) is 5.29. The van der Waals surface area contributed by atoms with Crippen LogP contribution in [0.3, 0.4) is 0 Å². The highest BCUT2D eigenvalue weighted by Crippen LogP contribution is 2.35.